The first-order valence-corrected chi connectivity index (χ1v) is 7.98. The molecule has 106 valence electrons. The Hall–Kier alpha value is -0.690. The van der Waals surface area contributed by atoms with Gasteiger partial charge in [-0.25, -0.2) is 4.98 Å². The molecule has 20 heavy (non-hydrogen) atoms. The SMILES string of the molecule is Cc1cnc(SCC(=O)O)n1-c1ccc(Br)c(Cl)c1Cl. The minimum absolute atomic E-state index is 0.0711. The molecule has 2 rings (SSSR count). The van der Waals surface area contributed by atoms with Crippen LogP contribution in [0.5, 0.6) is 0 Å². The van der Waals surface area contributed by atoms with E-state index in [2.05, 4.69) is 20.9 Å². The summed E-state index contributed by atoms with van der Waals surface area (Å²) in [6, 6.07) is 3.59. The lowest BCUT2D eigenvalue weighted by atomic mass is 10.3. The second-order valence-corrected chi connectivity index (χ2v) is 6.45. The Labute approximate surface area is 138 Å². The predicted molar refractivity (Wildman–Crippen MR) is 84.4 cm³/mol. The fourth-order valence-corrected chi connectivity index (χ4v) is 3.23. The van der Waals surface area contributed by atoms with E-state index in [1.54, 1.807) is 22.9 Å². The fourth-order valence-electron chi connectivity index (χ4n) is 1.62. The normalized spacial score (nSPS) is 10.8. The second kappa shape index (κ2) is 6.39. The molecular formula is C12H9BrCl2N2O2S. The highest BCUT2D eigenvalue weighted by Gasteiger charge is 2.16. The number of benzene rings is 1. The highest BCUT2D eigenvalue weighted by Crippen LogP contribution is 2.36. The Balaban J connectivity index is 2.50. The van der Waals surface area contributed by atoms with Gasteiger partial charge in [0.15, 0.2) is 5.16 Å². The fraction of sp³-hybridized carbons (Fsp3) is 0.167. The van der Waals surface area contributed by atoms with Crippen molar-refractivity contribution in [1.82, 2.24) is 9.55 Å². The van der Waals surface area contributed by atoms with E-state index in [1.807, 2.05) is 6.92 Å². The van der Waals surface area contributed by atoms with Crippen molar-refractivity contribution in [1.29, 1.82) is 0 Å². The number of aryl methyl sites for hydroxylation is 1. The van der Waals surface area contributed by atoms with Crippen molar-refractivity contribution in [3.8, 4) is 5.69 Å². The minimum atomic E-state index is -0.901. The highest BCUT2D eigenvalue weighted by atomic mass is 79.9. The molecule has 8 heteroatoms. The van der Waals surface area contributed by atoms with Crippen molar-refractivity contribution in [3.63, 3.8) is 0 Å². The third-order valence-corrected chi connectivity index (χ3v) is 5.18. The number of rotatable bonds is 4. The van der Waals surface area contributed by atoms with Gasteiger partial charge in [0.25, 0.3) is 0 Å². The van der Waals surface area contributed by atoms with Crippen LogP contribution in [0.15, 0.2) is 28.0 Å². The van der Waals surface area contributed by atoms with Crippen molar-refractivity contribution in [3.05, 3.63) is 38.5 Å². The van der Waals surface area contributed by atoms with E-state index >= 15 is 0 Å². The van der Waals surface area contributed by atoms with Crippen LogP contribution in [0.4, 0.5) is 0 Å². The lowest BCUT2D eigenvalue weighted by Crippen LogP contribution is -2.03. The molecule has 1 N–H and O–H groups in total. The minimum Gasteiger partial charge on any atom is -0.481 e. The first-order chi connectivity index (χ1) is 9.41. The summed E-state index contributed by atoms with van der Waals surface area (Å²) in [5.41, 5.74) is 1.51. The Morgan fingerprint density at radius 2 is 2.15 bits per heavy atom. The zero-order valence-corrected chi connectivity index (χ0v) is 14.1. The molecule has 0 radical (unpaired) electrons. The molecule has 0 aliphatic rings. The average Bonchev–Trinajstić information content (AvgIpc) is 2.75. The summed E-state index contributed by atoms with van der Waals surface area (Å²) in [7, 11) is 0. The maximum atomic E-state index is 10.7. The molecule has 0 saturated carbocycles. The molecular weight excluding hydrogens is 387 g/mol. The van der Waals surface area contributed by atoms with Crippen LogP contribution in [0.3, 0.4) is 0 Å². The van der Waals surface area contributed by atoms with Gasteiger partial charge in [-0.15, -0.1) is 0 Å². The third kappa shape index (κ3) is 3.14. The van der Waals surface area contributed by atoms with Gasteiger partial charge in [0.1, 0.15) is 0 Å². The van der Waals surface area contributed by atoms with Crippen LogP contribution in [0.2, 0.25) is 10.0 Å². The lowest BCUT2D eigenvalue weighted by Gasteiger charge is -2.12. The molecule has 0 aliphatic carbocycles. The molecule has 0 bridgehead atoms. The first kappa shape index (κ1) is 15.7. The quantitative estimate of drug-likeness (QED) is 0.614. The molecule has 1 aromatic carbocycles. The van der Waals surface area contributed by atoms with Crippen LogP contribution < -0.4 is 0 Å². The van der Waals surface area contributed by atoms with E-state index in [4.69, 9.17) is 28.3 Å². The van der Waals surface area contributed by atoms with Gasteiger partial charge in [0.2, 0.25) is 0 Å². The second-order valence-electron chi connectivity index (χ2n) is 3.89. The van der Waals surface area contributed by atoms with E-state index in [0.717, 1.165) is 17.5 Å². The van der Waals surface area contributed by atoms with Crippen LogP contribution in [-0.4, -0.2) is 26.4 Å². The summed E-state index contributed by atoms with van der Waals surface area (Å²) in [6.45, 7) is 1.87. The van der Waals surface area contributed by atoms with Crippen LogP contribution in [-0.2, 0) is 4.79 Å². The molecule has 1 heterocycles. The monoisotopic (exact) mass is 394 g/mol. The smallest absolute Gasteiger partial charge is 0.313 e. The molecule has 0 atom stereocenters. The van der Waals surface area contributed by atoms with Crippen molar-refractivity contribution < 1.29 is 9.90 Å². The first-order valence-electron chi connectivity index (χ1n) is 5.44. The number of thioether (sulfide) groups is 1. The van der Waals surface area contributed by atoms with Gasteiger partial charge in [-0.1, -0.05) is 35.0 Å². The van der Waals surface area contributed by atoms with Crippen molar-refractivity contribution >= 4 is 56.9 Å². The number of carbonyl (C=O) groups is 1. The molecule has 4 nitrogen and oxygen atoms in total. The Kier molecular flexibility index (Phi) is 5.01. The number of hydrogen-bond donors (Lipinski definition) is 1. The maximum Gasteiger partial charge on any atom is 0.313 e. The zero-order chi connectivity index (χ0) is 14.9. The number of halogens is 3. The third-order valence-electron chi connectivity index (χ3n) is 2.49. The van der Waals surface area contributed by atoms with Gasteiger partial charge in [0.05, 0.1) is 21.5 Å². The van der Waals surface area contributed by atoms with E-state index < -0.39 is 5.97 Å². The molecule has 1 aromatic heterocycles. The van der Waals surface area contributed by atoms with Gasteiger partial charge in [-0.3, -0.25) is 9.36 Å². The molecule has 0 saturated heterocycles. The van der Waals surface area contributed by atoms with Crippen molar-refractivity contribution in [2.45, 2.75) is 12.1 Å². The number of imidazole rings is 1. The summed E-state index contributed by atoms with van der Waals surface area (Å²) in [5, 5.41) is 10.1. The van der Waals surface area contributed by atoms with Gasteiger partial charge in [0, 0.05) is 16.4 Å². The van der Waals surface area contributed by atoms with Gasteiger partial charge >= 0.3 is 5.97 Å². The predicted octanol–water partition coefficient (Wildman–Crippen LogP) is 4.43. The summed E-state index contributed by atoms with van der Waals surface area (Å²) < 4.78 is 2.49. The number of aliphatic carboxylic acids is 1. The molecule has 0 unspecified atom stereocenters. The van der Waals surface area contributed by atoms with Crippen LogP contribution >= 0.6 is 50.9 Å². The number of hydrogen-bond acceptors (Lipinski definition) is 3. The van der Waals surface area contributed by atoms with E-state index in [0.29, 0.717) is 25.4 Å². The number of carboxylic acid groups (broad SMARTS) is 1. The Bertz CT molecular complexity index is 676. The largest absolute Gasteiger partial charge is 0.481 e. The van der Waals surface area contributed by atoms with E-state index in [-0.39, 0.29) is 5.75 Å². The van der Waals surface area contributed by atoms with E-state index in [9.17, 15) is 4.79 Å². The topological polar surface area (TPSA) is 55.1 Å². The number of carboxylic acids is 1. The van der Waals surface area contributed by atoms with E-state index in [1.165, 1.54) is 0 Å². The standard InChI is InChI=1S/C12H9BrCl2N2O2S/c1-6-4-16-12(20-5-9(18)19)17(6)8-3-2-7(13)10(14)11(8)15/h2-4H,5H2,1H3,(H,18,19). The Morgan fingerprint density at radius 3 is 2.80 bits per heavy atom. The van der Waals surface area contributed by atoms with Crippen molar-refractivity contribution in [2.75, 3.05) is 5.75 Å². The summed E-state index contributed by atoms with van der Waals surface area (Å²) in [5.74, 6) is -0.972. The molecule has 0 amide bonds. The summed E-state index contributed by atoms with van der Waals surface area (Å²) in [4.78, 5) is 14.9. The summed E-state index contributed by atoms with van der Waals surface area (Å²) in [6.07, 6.45) is 1.66. The van der Waals surface area contributed by atoms with Crippen molar-refractivity contribution in [2.24, 2.45) is 0 Å². The van der Waals surface area contributed by atoms with Gasteiger partial charge < -0.3 is 5.11 Å². The zero-order valence-electron chi connectivity index (χ0n) is 10.2. The maximum absolute atomic E-state index is 10.7. The molecule has 0 spiro atoms. The van der Waals surface area contributed by atoms with Crippen LogP contribution in [0.25, 0.3) is 5.69 Å². The average molecular weight is 396 g/mol. The molecule has 2 aromatic rings. The number of aromatic nitrogens is 2. The van der Waals surface area contributed by atoms with Crippen LogP contribution in [0, 0.1) is 6.92 Å². The Morgan fingerprint density at radius 1 is 1.45 bits per heavy atom. The van der Waals surface area contributed by atoms with Gasteiger partial charge in [-0.05, 0) is 35.0 Å². The lowest BCUT2D eigenvalue weighted by molar-refractivity contribution is -0.133. The molecule has 0 fully saturated rings. The number of nitrogens with zero attached hydrogens (tertiary/aromatic N) is 2. The highest BCUT2D eigenvalue weighted by molar-refractivity contribution is 9.10. The summed E-state index contributed by atoms with van der Waals surface area (Å²) >= 11 is 16.8. The van der Waals surface area contributed by atoms with Crippen LogP contribution in [0.1, 0.15) is 5.69 Å². The van der Waals surface area contributed by atoms with Gasteiger partial charge in [-0.2, -0.15) is 0 Å². The molecule has 0 aliphatic heterocycles.